The molecule has 3 aromatic carbocycles. The third-order valence-corrected chi connectivity index (χ3v) is 6.16. The van der Waals surface area contributed by atoms with Gasteiger partial charge in [0.05, 0.1) is 10.6 Å². The van der Waals surface area contributed by atoms with Crippen molar-refractivity contribution in [3.63, 3.8) is 0 Å². The highest BCUT2D eigenvalue weighted by Crippen LogP contribution is 2.32. The Kier molecular flexibility index (Phi) is 4.63. The van der Waals surface area contributed by atoms with Crippen molar-refractivity contribution >= 4 is 15.5 Å². The standard InChI is InChI=1S/C21H17FN4O2S/c1-14-2-4-15(5-3-14)20-21(29(27,28)19-12-6-16(22)7-13-19)24-25-26(20)18-10-8-17(23)9-11-18/h2-13H,23H2,1H3. The van der Waals surface area contributed by atoms with Crippen LogP contribution in [0.25, 0.3) is 16.9 Å². The second-order valence-corrected chi connectivity index (χ2v) is 8.43. The number of halogens is 1. The zero-order valence-corrected chi connectivity index (χ0v) is 16.3. The van der Waals surface area contributed by atoms with Gasteiger partial charge in [0.1, 0.15) is 11.5 Å². The molecule has 0 unspecified atom stereocenters. The van der Waals surface area contributed by atoms with Gasteiger partial charge in [-0.3, -0.25) is 0 Å². The molecule has 0 bridgehead atoms. The van der Waals surface area contributed by atoms with E-state index in [1.807, 2.05) is 31.2 Å². The quantitative estimate of drug-likeness (QED) is 0.410. The highest BCUT2D eigenvalue weighted by atomic mass is 32.2. The molecule has 2 N–H and O–H groups in total. The van der Waals surface area contributed by atoms with E-state index in [-0.39, 0.29) is 9.92 Å². The topological polar surface area (TPSA) is 90.9 Å². The summed E-state index contributed by atoms with van der Waals surface area (Å²) < 4.78 is 41.2. The summed E-state index contributed by atoms with van der Waals surface area (Å²) in [6.45, 7) is 1.94. The van der Waals surface area contributed by atoms with Gasteiger partial charge in [-0.1, -0.05) is 35.0 Å². The number of aromatic nitrogens is 3. The Hall–Kier alpha value is -3.52. The molecule has 0 aliphatic heterocycles. The molecule has 0 saturated heterocycles. The zero-order valence-electron chi connectivity index (χ0n) is 15.4. The Bertz CT molecular complexity index is 1260. The van der Waals surface area contributed by atoms with Gasteiger partial charge in [-0.05, 0) is 55.5 Å². The van der Waals surface area contributed by atoms with Crippen molar-refractivity contribution < 1.29 is 12.8 Å². The minimum Gasteiger partial charge on any atom is -0.399 e. The van der Waals surface area contributed by atoms with Crippen molar-refractivity contribution in [1.29, 1.82) is 0 Å². The molecule has 146 valence electrons. The van der Waals surface area contributed by atoms with Gasteiger partial charge in [0, 0.05) is 11.3 Å². The number of benzene rings is 3. The first-order valence-electron chi connectivity index (χ1n) is 8.75. The third kappa shape index (κ3) is 3.50. The minimum atomic E-state index is -4.03. The van der Waals surface area contributed by atoms with Crippen molar-refractivity contribution in [1.82, 2.24) is 15.0 Å². The Morgan fingerprint density at radius 2 is 1.52 bits per heavy atom. The number of nitrogens with zero attached hydrogens (tertiary/aromatic N) is 3. The number of anilines is 1. The smallest absolute Gasteiger partial charge is 0.227 e. The van der Waals surface area contributed by atoms with Crippen LogP contribution >= 0.6 is 0 Å². The number of rotatable bonds is 4. The van der Waals surface area contributed by atoms with Gasteiger partial charge in [-0.25, -0.2) is 17.5 Å². The lowest BCUT2D eigenvalue weighted by Gasteiger charge is -2.10. The lowest BCUT2D eigenvalue weighted by molar-refractivity contribution is 0.591. The second kappa shape index (κ2) is 7.14. The summed E-state index contributed by atoms with van der Waals surface area (Å²) in [5.41, 5.74) is 8.94. The molecular formula is C21H17FN4O2S. The summed E-state index contributed by atoms with van der Waals surface area (Å²) in [6, 6.07) is 18.9. The average molecular weight is 408 g/mol. The van der Waals surface area contributed by atoms with Crippen LogP contribution in [0.1, 0.15) is 5.56 Å². The molecule has 0 spiro atoms. The molecule has 0 atom stereocenters. The SMILES string of the molecule is Cc1ccc(-c2c(S(=O)(=O)c3ccc(F)cc3)nnn2-c2ccc(N)cc2)cc1. The number of nitrogen functional groups attached to an aromatic ring is 1. The molecule has 4 rings (SSSR count). The molecule has 4 aromatic rings. The number of aryl methyl sites for hydroxylation is 1. The summed E-state index contributed by atoms with van der Waals surface area (Å²) in [7, 11) is -4.03. The second-order valence-electron chi connectivity index (χ2n) is 6.57. The molecule has 0 amide bonds. The Morgan fingerprint density at radius 1 is 0.897 bits per heavy atom. The summed E-state index contributed by atoms with van der Waals surface area (Å²) in [4.78, 5) is -0.0587. The van der Waals surface area contributed by atoms with Gasteiger partial charge in [0.15, 0.2) is 0 Å². The Morgan fingerprint density at radius 3 is 2.14 bits per heavy atom. The van der Waals surface area contributed by atoms with Crippen molar-refractivity contribution in [2.24, 2.45) is 0 Å². The van der Waals surface area contributed by atoms with Crippen LogP contribution in [0.2, 0.25) is 0 Å². The predicted octanol–water partition coefficient (Wildman–Crippen LogP) is 3.80. The van der Waals surface area contributed by atoms with Crippen LogP contribution in [0.4, 0.5) is 10.1 Å². The fourth-order valence-electron chi connectivity index (χ4n) is 2.93. The average Bonchev–Trinajstić information content (AvgIpc) is 3.15. The molecule has 1 heterocycles. The monoisotopic (exact) mass is 408 g/mol. The maximum absolute atomic E-state index is 13.3. The van der Waals surface area contributed by atoms with Gasteiger partial charge in [-0.2, -0.15) is 0 Å². The molecule has 0 fully saturated rings. The van der Waals surface area contributed by atoms with Crippen LogP contribution in [0.5, 0.6) is 0 Å². The normalized spacial score (nSPS) is 11.5. The fourth-order valence-corrected chi connectivity index (χ4v) is 4.25. The molecule has 0 saturated carbocycles. The molecule has 0 aliphatic carbocycles. The first-order valence-corrected chi connectivity index (χ1v) is 10.2. The van der Waals surface area contributed by atoms with Gasteiger partial charge < -0.3 is 5.73 Å². The molecule has 29 heavy (non-hydrogen) atoms. The minimum absolute atomic E-state index is 0.0587. The van der Waals surface area contributed by atoms with E-state index in [2.05, 4.69) is 10.3 Å². The Labute approximate surface area is 167 Å². The van der Waals surface area contributed by atoms with E-state index in [0.717, 1.165) is 17.7 Å². The van der Waals surface area contributed by atoms with Crippen molar-refractivity contribution in [2.45, 2.75) is 16.8 Å². The highest BCUT2D eigenvalue weighted by Gasteiger charge is 2.29. The summed E-state index contributed by atoms with van der Waals surface area (Å²) >= 11 is 0. The van der Waals surface area contributed by atoms with Gasteiger partial charge in [-0.15, -0.1) is 5.10 Å². The van der Waals surface area contributed by atoms with Crippen LogP contribution in [0, 0.1) is 12.7 Å². The summed E-state index contributed by atoms with van der Waals surface area (Å²) in [5, 5.41) is 7.88. The number of hydrogen-bond donors (Lipinski definition) is 1. The van der Waals surface area contributed by atoms with Crippen LogP contribution < -0.4 is 5.73 Å². The lowest BCUT2D eigenvalue weighted by atomic mass is 10.1. The van der Waals surface area contributed by atoms with E-state index in [9.17, 15) is 12.8 Å². The first kappa shape index (κ1) is 18.8. The van der Waals surface area contributed by atoms with E-state index in [1.54, 1.807) is 24.3 Å². The van der Waals surface area contributed by atoms with Gasteiger partial charge in [0.2, 0.25) is 14.9 Å². The summed E-state index contributed by atoms with van der Waals surface area (Å²) in [6.07, 6.45) is 0. The van der Waals surface area contributed by atoms with Gasteiger partial charge in [0.25, 0.3) is 0 Å². The molecule has 0 radical (unpaired) electrons. The van der Waals surface area contributed by atoms with Crippen LogP contribution in [0.15, 0.2) is 82.7 Å². The molecule has 6 nitrogen and oxygen atoms in total. The zero-order chi connectivity index (χ0) is 20.6. The lowest BCUT2D eigenvalue weighted by Crippen LogP contribution is -2.06. The van der Waals surface area contributed by atoms with E-state index >= 15 is 0 Å². The maximum Gasteiger partial charge on any atom is 0.227 e. The van der Waals surface area contributed by atoms with Crippen LogP contribution in [-0.4, -0.2) is 23.4 Å². The van der Waals surface area contributed by atoms with E-state index in [1.165, 1.54) is 16.8 Å². The van der Waals surface area contributed by atoms with Gasteiger partial charge >= 0.3 is 0 Å². The van der Waals surface area contributed by atoms with Crippen LogP contribution in [0.3, 0.4) is 0 Å². The maximum atomic E-state index is 13.3. The molecule has 8 heteroatoms. The summed E-state index contributed by atoms with van der Waals surface area (Å²) in [5.74, 6) is -0.520. The van der Waals surface area contributed by atoms with Crippen LogP contribution in [-0.2, 0) is 9.84 Å². The number of sulfone groups is 1. The fraction of sp³-hybridized carbons (Fsp3) is 0.0476. The van der Waals surface area contributed by atoms with E-state index in [4.69, 9.17) is 5.73 Å². The third-order valence-electron chi connectivity index (χ3n) is 4.48. The van der Waals surface area contributed by atoms with Crippen molar-refractivity contribution in [2.75, 3.05) is 5.73 Å². The van der Waals surface area contributed by atoms with Crippen molar-refractivity contribution in [3.05, 3.63) is 84.2 Å². The largest absolute Gasteiger partial charge is 0.399 e. The molecular weight excluding hydrogens is 391 g/mol. The Balaban J connectivity index is 1.96. The molecule has 0 aliphatic rings. The first-order chi connectivity index (χ1) is 13.9. The van der Waals surface area contributed by atoms with E-state index in [0.29, 0.717) is 22.6 Å². The highest BCUT2D eigenvalue weighted by molar-refractivity contribution is 7.91. The van der Waals surface area contributed by atoms with E-state index < -0.39 is 15.7 Å². The molecule has 1 aromatic heterocycles. The van der Waals surface area contributed by atoms with Crippen molar-refractivity contribution in [3.8, 4) is 16.9 Å². The predicted molar refractivity (Wildman–Crippen MR) is 108 cm³/mol. The number of nitrogens with two attached hydrogens (primary N) is 1. The number of hydrogen-bond acceptors (Lipinski definition) is 5.